The van der Waals surface area contributed by atoms with Crippen LogP contribution in [0.15, 0.2) is 59.5 Å². The highest BCUT2D eigenvalue weighted by atomic mass is 16.5. The molecule has 0 saturated heterocycles. The zero-order chi connectivity index (χ0) is 18.5. The van der Waals surface area contributed by atoms with Crippen LogP contribution < -0.4 is 15.6 Å². The maximum atomic E-state index is 12.3. The first kappa shape index (κ1) is 17.3. The Morgan fingerprint density at radius 1 is 1.15 bits per heavy atom. The van der Waals surface area contributed by atoms with Gasteiger partial charge in [0.2, 0.25) is 5.88 Å². The van der Waals surface area contributed by atoms with Gasteiger partial charge in [0.1, 0.15) is 11.4 Å². The number of rotatable bonds is 5. The lowest BCUT2D eigenvalue weighted by atomic mass is 10.2. The van der Waals surface area contributed by atoms with Gasteiger partial charge in [-0.1, -0.05) is 24.3 Å². The first-order valence-corrected chi connectivity index (χ1v) is 8.04. The molecule has 26 heavy (non-hydrogen) atoms. The van der Waals surface area contributed by atoms with Crippen molar-refractivity contribution < 1.29 is 9.53 Å². The summed E-state index contributed by atoms with van der Waals surface area (Å²) in [7, 11) is 1.49. The van der Waals surface area contributed by atoms with Crippen LogP contribution in [0.4, 0.5) is 0 Å². The number of aromatic nitrogens is 3. The Labute approximate surface area is 150 Å². The van der Waals surface area contributed by atoms with E-state index in [9.17, 15) is 9.59 Å². The number of hydrogen-bond donors (Lipinski definition) is 1. The van der Waals surface area contributed by atoms with Gasteiger partial charge in [-0.05, 0) is 30.7 Å². The largest absolute Gasteiger partial charge is 0.438 e. The molecule has 0 saturated carbocycles. The number of amides is 1. The van der Waals surface area contributed by atoms with Crippen LogP contribution in [0.1, 0.15) is 21.6 Å². The van der Waals surface area contributed by atoms with Gasteiger partial charge in [-0.15, -0.1) is 0 Å². The molecule has 7 nitrogen and oxygen atoms in total. The third-order valence-electron chi connectivity index (χ3n) is 3.78. The minimum atomic E-state index is -0.383. The molecule has 0 spiro atoms. The topological polar surface area (TPSA) is 86.1 Å². The molecule has 1 aromatic carbocycles. The van der Waals surface area contributed by atoms with Gasteiger partial charge in [0, 0.05) is 31.4 Å². The molecule has 0 atom stereocenters. The fourth-order valence-electron chi connectivity index (χ4n) is 2.32. The van der Waals surface area contributed by atoms with E-state index < -0.39 is 0 Å². The van der Waals surface area contributed by atoms with Gasteiger partial charge in [0.15, 0.2) is 0 Å². The number of pyridine rings is 1. The zero-order valence-corrected chi connectivity index (χ0v) is 14.5. The molecule has 0 aliphatic heterocycles. The average Bonchev–Trinajstić information content (AvgIpc) is 2.65. The van der Waals surface area contributed by atoms with Crippen molar-refractivity contribution in [3.63, 3.8) is 0 Å². The summed E-state index contributed by atoms with van der Waals surface area (Å²) in [4.78, 5) is 27.9. The molecule has 1 N–H and O–H groups in total. The van der Waals surface area contributed by atoms with E-state index in [-0.39, 0.29) is 23.7 Å². The van der Waals surface area contributed by atoms with Crippen LogP contribution in [0.25, 0.3) is 0 Å². The number of ether oxygens (including phenoxy) is 1. The van der Waals surface area contributed by atoms with E-state index in [4.69, 9.17) is 4.74 Å². The van der Waals surface area contributed by atoms with Crippen molar-refractivity contribution in [3.05, 3.63) is 81.9 Å². The highest BCUT2D eigenvalue weighted by molar-refractivity contribution is 5.91. The van der Waals surface area contributed by atoms with Crippen LogP contribution in [0.3, 0.4) is 0 Å². The second kappa shape index (κ2) is 7.60. The maximum Gasteiger partial charge on any atom is 0.271 e. The van der Waals surface area contributed by atoms with Crippen molar-refractivity contribution in [3.8, 4) is 11.6 Å². The molecule has 0 unspecified atom stereocenters. The van der Waals surface area contributed by atoms with Crippen molar-refractivity contribution >= 4 is 5.91 Å². The number of nitrogens with one attached hydrogen (secondary N) is 1. The summed E-state index contributed by atoms with van der Waals surface area (Å²) in [6.45, 7) is 2.17. The Morgan fingerprint density at radius 3 is 2.73 bits per heavy atom. The van der Waals surface area contributed by atoms with Gasteiger partial charge >= 0.3 is 0 Å². The third-order valence-corrected chi connectivity index (χ3v) is 3.78. The van der Waals surface area contributed by atoms with Gasteiger partial charge in [0.25, 0.3) is 11.5 Å². The maximum absolute atomic E-state index is 12.3. The molecular formula is C19H18N4O3. The Hall–Kier alpha value is -3.48. The predicted molar refractivity (Wildman–Crippen MR) is 96.1 cm³/mol. The molecule has 0 aliphatic carbocycles. The number of carbonyl (C=O) groups excluding carboxylic acids is 1. The number of benzene rings is 1. The normalized spacial score (nSPS) is 10.4. The van der Waals surface area contributed by atoms with Crippen molar-refractivity contribution in [1.29, 1.82) is 0 Å². The summed E-state index contributed by atoms with van der Waals surface area (Å²) in [6, 6.07) is 13.9. The number of para-hydroxylation sites is 1. The zero-order valence-electron chi connectivity index (χ0n) is 14.5. The van der Waals surface area contributed by atoms with E-state index in [1.807, 2.05) is 37.3 Å². The number of aryl methyl sites for hydroxylation is 2. The van der Waals surface area contributed by atoms with Crippen molar-refractivity contribution in [2.75, 3.05) is 0 Å². The van der Waals surface area contributed by atoms with Crippen molar-refractivity contribution in [2.45, 2.75) is 13.5 Å². The molecule has 7 heteroatoms. The Morgan fingerprint density at radius 2 is 1.96 bits per heavy atom. The third kappa shape index (κ3) is 3.94. The minimum absolute atomic E-state index is 0.164. The van der Waals surface area contributed by atoms with E-state index in [0.29, 0.717) is 11.6 Å². The molecule has 132 valence electrons. The van der Waals surface area contributed by atoms with E-state index in [1.165, 1.54) is 19.2 Å². The van der Waals surface area contributed by atoms with E-state index in [2.05, 4.69) is 15.4 Å². The van der Waals surface area contributed by atoms with Crippen LogP contribution in [-0.2, 0) is 13.6 Å². The summed E-state index contributed by atoms with van der Waals surface area (Å²) in [5, 5.41) is 6.70. The lowest BCUT2D eigenvalue weighted by Crippen LogP contribution is -2.28. The Bertz CT molecular complexity index is 998. The highest BCUT2D eigenvalue weighted by Crippen LogP contribution is 2.25. The minimum Gasteiger partial charge on any atom is -0.438 e. The van der Waals surface area contributed by atoms with Crippen LogP contribution in [-0.4, -0.2) is 20.7 Å². The number of carbonyl (C=O) groups is 1. The number of nitrogens with zero attached hydrogens (tertiary/aromatic N) is 3. The molecule has 0 radical (unpaired) electrons. The van der Waals surface area contributed by atoms with E-state index in [1.54, 1.807) is 12.3 Å². The smallest absolute Gasteiger partial charge is 0.271 e. The standard InChI is InChI=1S/C19H18N4O3/c1-13-6-3-4-8-16(13)26-19-14(7-5-11-20-19)12-21-18(25)15-9-10-17(24)23(2)22-15/h3-11H,12H2,1-2H3,(H,21,25). The first-order chi connectivity index (χ1) is 12.5. The summed E-state index contributed by atoms with van der Waals surface area (Å²) in [5.74, 6) is 0.750. The fraction of sp³-hybridized carbons (Fsp3) is 0.158. The van der Waals surface area contributed by atoms with Crippen LogP contribution in [0.5, 0.6) is 11.6 Å². The van der Waals surface area contributed by atoms with Gasteiger partial charge < -0.3 is 10.1 Å². The van der Waals surface area contributed by atoms with Gasteiger partial charge in [0.05, 0.1) is 0 Å². The Balaban J connectivity index is 1.74. The molecule has 1 amide bonds. The van der Waals surface area contributed by atoms with Gasteiger partial charge in [-0.25, -0.2) is 9.67 Å². The van der Waals surface area contributed by atoms with Gasteiger partial charge in [-0.2, -0.15) is 5.10 Å². The SMILES string of the molecule is Cc1ccccc1Oc1ncccc1CNC(=O)c1ccc(=O)n(C)n1. The molecule has 3 aromatic rings. The Kier molecular flexibility index (Phi) is 5.07. The molecule has 0 fully saturated rings. The quantitative estimate of drug-likeness (QED) is 0.762. The van der Waals surface area contributed by atoms with E-state index >= 15 is 0 Å². The molecule has 2 heterocycles. The molecule has 3 rings (SSSR count). The summed E-state index contributed by atoms with van der Waals surface area (Å²) < 4.78 is 7.01. The molecule has 0 aliphatic rings. The first-order valence-electron chi connectivity index (χ1n) is 8.04. The summed E-state index contributed by atoms with van der Waals surface area (Å²) >= 11 is 0. The second-order valence-corrected chi connectivity index (χ2v) is 5.70. The lowest BCUT2D eigenvalue weighted by Gasteiger charge is -2.12. The van der Waals surface area contributed by atoms with Crippen molar-refractivity contribution in [1.82, 2.24) is 20.1 Å². The summed E-state index contributed by atoms with van der Waals surface area (Å²) in [6.07, 6.45) is 1.63. The summed E-state index contributed by atoms with van der Waals surface area (Å²) in [5.41, 5.74) is 1.61. The van der Waals surface area contributed by atoms with E-state index in [0.717, 1.165) is 15.8 Å². The fourth-order valence-corrected chi connectivity index (χ4v) is 2.32. The van der Waals surface area contributed by atoms with Gasteiger partial charge in [-0.3, -0.25) is 9.59 Å². The van der Waals surface area contributed by atoms with Crippen LogP contribution in [0, 0.1) is 6.92 Å². The van der Waals surface area contributed by atoms with Crippen molar-refractivity contribution in [2.24, 2.45) is 7.05 Å². The molecule has 0 bridgehead atoms. The lowest BCUT2D eigenvalue weighted by molar-refractivity contribution is 0.0943. The highest BCUT2D eigenvalue weighted by Gasteiger charge is 2.12. The van der Waals surface area contributed by atoms with Crippen LogP contribution >= 0.6 is 0 Å². The average molecular weight is 350 g/mol. The second-order valence-electron chi connectivity index (χ2n) is 5.70. The predicted octanol–water partition coefficient (Wildman–Crippen LogP) is 2.21. The monoisotopic (exact) mass is 350 g/mol. The van der Waals surface area contributed by atoms with Crippen LogP contribution in [0.2, 0.25) is 0 Å². The molecular weight excluding hydrogens is 332 g/mol. The molecule has 2 aromatic heterocycles. The number of hydrogen-bond acceptors (Lipinski definition) is 5.